The van der Waals surface area contributed by atoms with Crippen molar-refractivity contribution in [1.82, 2.24) is 15.0 Å². The molecule has 0 amide bonds. The molecule has 2 heterocycles. The molecule has 0 saturated carbocycles. The van der Waals surface area contributed by atoms with Crippen LogP contribution < -0.4 is 5.32 Å². The van der Waals surface area contributed by atoms with Gasteiger partial charge in [-0.2, -0.15) is 0 Å². The van der Waals surface area contributed by atoms with Crippen molar-refractivity contribution < 1.29 is 0 Å². The van der Waals surface area contributed by atoms with Gasteiger partial charge in [0.05, 0.1) is 27.3 Å². The molecule has 6 heteroatoms. The van der Waals surface area contributed by atoms with Gasteiger partial charge >= 0.3 is 0 Å². The summed E-state index contributed by atoms with van der Waals surface area (Å²) in [6.07, 6.45) is 3.20. The standard InChI is InChI=1S/C14H10Cl2N4/c1-8-9(15)6-18-14(13(8)16)20-12-7-17-10-4-2-3-5-11(10)19-12/h2-7H,1H3,(H,18,19,20). The van der Waals surface area contributed by atoms with Gasteiger partial charge in [0.1, 0.15) is 0 Å². The third kappa shape index (κ3) is 2.40. The average molecular weight is 305 g/mol. The number of halogens is 2. The summed E-state index contributed by atoms with van der Waals surface area (Å²) in [7, 11) is 0. The van der Waals surface area contributed by atoms with Crippen molar-refractivity contribution >= 4 is 45.9 Å². The number of nitrogens with zero attached hydrogens (tertiary/aromatic N) is 3. The molecule has 0 fully saturated rings. The molecule has 3 rings (SSSR count). The number of benzene rings is 1. The van der Waals surface area contributed by atoms with Gasteiger partial charge in [0.2, 0.25) is 0 Å². The Hall–Kier alpha value is -1.91. The largest absolute Gasteiger partial charge is 0.322 e. The van der Waals surface area contributed by atoms with E-state index in [9.17, 15) is 0 Å². The molecule has 0 saturated heterocycles. The van der Waals surface area contributed by atoms with Crippen molar-refractivity contribution in [3.05, 3.63) is 52.3 Å². The fourth-order valence-electron chi connectivity index (χ4n) is 1.78. The highest BCUT2D eigenvalue weighted by atomic mass is 35.5. The van der Waals surface area contributed by atoms with Crippen molar-refractivity contribution in [3.63, 3.8) is 0 Å². The summed E-state index contributed by atoms with van der Waals surface area (Å²) in [5, 5.41) is 4.07. The monoisotopic (exact) mass is 304 g/mol. The van der Waals surface area contributed by atoms with Crippen molar-refractivity contribution in [1.29, 1.82) is 0 Å². The van der Waals surface area contributed by atoms with E-state index in [2.05, 4.69) is 20.3 Å². The summed E-state index contributed by atoms with van der Waals surface area (Å²) in [6, 6.07) is 7.64. The molecule has 4 nitrogen and oxygen atoms in total. The molecule has 0 aliphatic carbocycles. The molecule has 0 aliphatic rings. The molecule has 100 valence electrons. The summed E-state index contributed by atoms with van der Waals surface area (Å²) < 4.78 is 0. The number of pyridine rings is 1. The van der Waals surface area contributed by atoms with Crippen LogP contribution in [-0.2, 0) is 0 Å². The van der Waals surface area contributed by atoms with Crippen LogP contribution in [0.5, 0.6) is 0 Å². The number of hydrogen-bond donors (Lipinski definition) is 1. The molecule has 1 aromatic carbocycles. The van der Waals surface area contributed by atoms with E-state index in [0.717, 1.165) is 16.6 Å². The number of anilines is 2. The fraction of sp³-hybridized carbons (Fsp3) is 0.0714. The van der Waals surface area contributed by atoms with Gasteiger partial charge in [-0.05, 0) is 24.6 Å². The van der Waals surface area contributed by atoms with Crippen LogP contribution in [0.4, 0.5) is 11.6 Å². The Morgan fingerprint density at radius 1 is 1.00 bits per heavy atom. The van der Waals surface area contributed by atoms with Gasteiger partial charge in [-0.25, -0.2) is 9.97 Å². The Kier molecular flexibility index (Phi) is 3.42. The summed E-state index contributed by atoms with van der Waals surface area (Å²) in [4.78, 5) is 13.0. The molecule has 20 heavy (non-hydrogen) atoms. The smallest absolute Gasteiger partial charge is 0.150 e. The number of fused-ring (bicyclic) bond motifs is 1. The normalized spacial score (nSPS) is 10.8. The number of para-hydroxylation sites is 2. The first-order valence-electron chi connectivity index (χ1n) is 5.94. The minimum atomic E-state index is 0.479. The minimum absolute atomic E-state index is 0.479. The van der Waals surface area contributed by atoms with E-state index in [0.29, 0.717) is 21.7 Å². The van der Waals surface area contributed by atoms with E-state index in [-0.39, 0.29) is 0 Å². The van der Waals surface area contributed by atoms with Crippen molar-refractivity contribution in [2.24, 2.45) is 0 Å². The zero-order valence-corrected chi connectivity index (χ0v) is 12.1. The predicted molar refractivity (Wildman–Crippen MR) is 81.8 cm³/mol. The summed E-state index contributed by atoms with van der Waals surface area (Å²) in [5.74, 6) is 1.10. The highest BCUT2D eigenvalue weighted by molar-refractivity contribution is 6.37. The molecule has 0 aliphatic heterocycles. The molecule has 3 aromatic rings. The van der Waals surface area contributed by atoms with Gasteiger partial charge in [0, 0.05) is 6.20 Å². The lowest BCUT2D eigenvalue weighted by atomic mass is 10.3. The summed E-state index contributed by atoms with van der Waals surface area (Å²) >= 11 is 12.2. The first-order chi connectivity index (χ1) is 9.65. The highest BCUT2D eigenvalue weighted by Gasteiger charge is 2.09. The maximum atomic E-state index is 6.21. The summed E-state index contributed by atoms with van der Waals surface area (Å²) in [6.45, 7) is 1.84. The average Bonchev–Trinajstić information content (AvgIpc) is 2.48. The van der Waals surface area contributed by atoms with Gasteiger partial charge in [-0.3, -0.25) is 4.98 Å². The molecule has 0 spiro atoms. The molecule has 0 unspecified atom stereocenters. The van der Waals surface area contributed by atoms with E-state index in [1.807, 2.05) is 31.2 Å². The number of hydrogen-bond acceptors (Lipinski definition) is 4. The quantitative estimate of drug-likeness (QED) is 0.763. The van der Waals surface area contributed by atoms with Gasteiger partial charge in [0.25, 0.3) is 0 Å². The van der Waals surface area contributed by atoms with Crippen LogP contribution in [0.3, 0.4) is 0 Å². The second-order valence-electron chi connectivity index (χ2n) is 4.26. The number of nitrogens with one attached hydrogen (secondary N) is 1. The zero-order chi connectivity index (χ0) is 14.1. The van der Waals surface area contributed by atoms with Crippen LogP contribution in [0.1, 0.15) is 5.56 Å². The molecule has 1 N–H and O–H groups in total. The lowest BCUT2D eigenvalue weighted by Gasteiger charge is -2.09. The molecule has 0 atom stereocenters. The van der Waals surface area contributed by atoms with E-state index in [1.54, 1.807) is 12.4 Å². The maximum Gasteiger partial charge on any atom is 0.150 e. The van der Waals surface area contributed by atoms with Crippen LogP contribution in [0.15, 0.2) is 36.7 Å². The van der Waals surface area contributed by atoms with E-state index in [1.165, 1.54) is 0 Å². The third-order valence-corrected chi connectivity index (χ3v) is 3.74. The van der Waals surface area contributed by atoms with E-state index in [4.69, 9.17) is 23.2 Å². The second-order valence-corrected chi connectivity index (χ2v) is 5.05. The Bertz CT molecular complexity index is 789. The third-order valence-electron chi connectivity index (χ3n) is 2.90. The lowest BCUT2D eigenvalue weighted by Crippen LogP contribution is -1.99. The SMILES string of the molecule is Cc1c(Cl)cnc(Nc2cnc3ccccc3n2)c1Cl. The predicted octanol–water partition coefficient (Wildman–Crippen LogP) is 4.38. The Labute approximate surface area is 125 Å². The highest BCUT2D eigenvalue weighted by Crippen LogP contribution is 2.30. The Morgan fingerprint density at radius 2 is 1.75 bits per heavy atom. The minimum Gasteiger partial charge on any atom is -0.322 e. The van der Waals surface area contributed by atoms with Crippen LogP contribution in [0.25, 0.3) is 11.0 Å². The van der Waals surface area contributed by atoms with Gasteiger partial charge in [-0.1, -0.05) is 35.3 Å². The van der Waals surface area contributed by atoms with Crippen LogP contribution >= 0.6 is 23.2 Å². The lowest BCUT2D eigenvalue weighted by molar-refractivity contribution is 1.23. The van der Waals surface area contributed by atoms with Crippen LogP contribution in [-0.4, -0.2) is 15.0 Å². The zero-order valence-electron chi connectivity index (χ0n) is 10.6. The van der Waals surface area contributed by atoms with Gasteiger partial charge in [0.15, 0.2) is 11.6 Å². The van der Waals surface area contributed by atoms with Crippen LogP contribution in [0.2, 0.25) is 10.0 Å². The second kappa shape index (κ2) is 5.23. The Balaban J connectivity index is 1.99. The first kappa shape index (κ1) is 13.1. The van der Waals surface area contributed by atoms with Crippen LogP contribution in [0, 0.1) is 6.92 Å². The first-order valence-corrected chi connectivity index (χ1v) is 6.70. The number of rotatable bonds is 2. The topological polar surface area (TPSA) is 50.7 Å². The fourth-order valence-corrected chi connectivity index (χ4v) is 2.17. The molecule has 0 bridgehead atoms. The van der Waals surface area contributed by atoms with E-state index >= 15 is 0 Å². The van der Waals surface area contributed by atoms with Crippen molar-refractivity contribution in [3.8, 4) is 0 Å². The summed E-state index contributed by atoms with van der Waals surface area (Å²) in [5.41, 5.74) is 2.42. The molecule has 0 radical (unpaired) electrons. The molecular weight excluding hydrogens is 295 g/mol. The Morgan fingerprint density at radius 3 is 2.55 bits per heavy atom. The number of aromatic nitrogens is 3. The van der Waals surface area contributed by atoms with Gasteiger partial charge in [-0.15, -0.1) is 0 Å². The molecule has 2 aromatic heterocycles. The molecular formula is C14H10Cl2N4. The van der Waals surface area contributed by atoms with Gasteiger partial charge < -0.3 is 5.32 Å². The van der Waals surface area contributed by atoms with Crippen molar-refractivity contribution in [2.75, 3.05) is 5.32 Å². The maximum absolute atomic E-state index is 6.21. The van der Waals surface area contributed by atoms with E-state index < -0.39 is 0 Å². The van der Waals surface area contributed by atoms with Crippen molar-refractivity contribution in [2.45, 2.75) is 6.92 Å².